The number of rotatable bonds is 1. The normalized spacial score (nSPS) is 32.3. The summed E-state index contributed by atoms with van der Waals surface area (Å²) < 4.78 is 0. The molecule has 0 aromatic rings. The number of hydrogen-bond donors (Lipinski definition) is 1. The number of nitrogens with one attached hydrogen (secondary N) is 1. The van der Waals surface area contributed by atoms with Crippen LogP contribution in [0.1, 0.15) is 19.8 Å². The Bertz CT molecular complexity index is 221. The predicted octanol–water partition coefficient (Wildman–Crippen LogP) is 1.16. The lowest BCUT2D eigenvalue weighted by atomic mass is 10.1. The Hall–Kier alpha value is -0.380. The van der Waals surface area contributed by atoms with E-state index in [4.69, 9.17) is 0 Å². The first kappa shape index (κ1) is 10.1. The number of thioether (sulfide) groups is 1. The lowest BCUT2D eigenvalue weighted by Gasteiger charge is -2.34. The van der Waals surface area contributed by atoms with Gasteiger partial charge in [0.05, 0.1) is 6.54 Å². The molecule has 1 fully saturated rings. The minimum absolute atomic E-state index is 0.681. The molecule has 80 valence electrons. The van der Waals surface area contributed by atoms with E-state index in [-0.39, 0.29) is 0 Å². The van der Waals surface area contributed by atoms with E-state index in [0.717, 1.165) is 24.3 Å². The molecule has 2 atom stereocenters. The summed E-state index contributed by atoms with van der Waals surface area (Å²) in [5.74, 6) is 2.35. The van der Waals surface area contributed by atoms with Crippen molar-refractivity contribution in [3.8, 4) is 0 Å². The second-order valence-corrected chi connectivity index (χ2v) is 5.59. The lowest BCUT2D eigenvalue weighted by molar-refractivity contribution is 0.353. The molecule has 0 saturated carbocycles. The molecule has 0 amide bonds. The first-order valence-electron chi connectivity index (χ1n) is 5.40. The monoisotopic (exact) mass is 213 g/mol. The van der Waals surface area contributed by atoms with Crippen LogP contribution in [0.2, 0.25) is 0 Å². The van der Waals surface area contributed by atoms with Crippen molar-refractivity contribution in [2.24, 2.45) is 4.99 Å². The van der Waals surface area contributed by atoms with E-state index in [2.05, 4.69) is 40.9 Å². The average molecular weight is 213 g/mol. The zero-order chi connectivity index (χ0) is 9.97. The van der Waals surface area contributed by atoms with Gasteiger partial charge in [-0.1, -0.05) is 6.92 Å². The average Bonchev–Trinajstić information content (AvgIpc) is 2.71. The van der Waals surface area contributed by atoms with Crippen molar-refractivity contribution in [3.63, 3.8) is 0 Å². The maximum Gasteiger partial charge on any atom is 0.194 e. The van der Waals surface area contributed by atoms with Crippen LogP contribution in [-0.2, 0) is 0 Å². The highest BCUT2D eigenvalue weighted by Crippen LogP contribution is 2.27. The topological polar surface area (TPSA) is 27.6 Å². The van der Waals surface area contributed by atoms with Crippen LogP contribution in [0.15, 0.2) is 4.99 Å². The number of hydrogen-bond acceptors (Lipinski definition) is 4. The summed E-state index contributed by atoms with van der Waals surface area (Å²) in [6, 6.07) is 0.681. The highest BCUT2D eigenvalue weighted by Gasteiger charge is 2.24. The molecule has 0 spiro atoms. The molecule has 2 aliphatic rings. The lowest BCUT2D eigenvalue weighted by Crippen LogP contribution is -2.45. The summed E-state index contributed by atoms with van der Waals surface area (Å²) in [6.07, 6.45) is 2.65. The molecule has 1 saturated heterocycles. The van der Waals surface area contributed by atoms with Crippen LogP contribution in [0.3, 0.4) is 0 Å². The van der Waals surface area contributed by atoms with Gasteiger partial charge in [0.1, 0.15) is 0 Å². The SMILES string of the molecule is CC1CCC(N(C)C2=NCCN2)CS1. The smallest absolute Gasteiger partial charge is 0.194 e. The van der Waals surface area contributed by atoms with Gasteiger partial charge in [-0.05, 0) is 12.8 Å². The highest BCUT2D eigenvalue weighted by molar-refractivity contribution is 7.99. The third-order valence-corrected chi connectivity index (χ3v) is 4.40. The quantitative estimate of drug-likeness (QED) is 0.708. The molecule has 3 nitrogen and oxygen atoms in total. The Kier molecular flexibility index (Phi) is 3.21. The zero-order valence-corrected chi connectivity index (χ0v) is 9.81. The molecule has 2 rings (SSSR count). The predicted molar refractivity (Wildman–Crippen MR) is 63.0 cm³/mol. The fourth-order valence-electron chi connectivity index (χ4n) is 1.97. The van der Waals surface area contributed by atoms with Crippen LogP contribution in [0.5, 0.6) is 0 Å². The van der Waals surface area contributed by atoms with Gasteiger partial charge in [-0.3, -0.25) is 4.99 Å². The van der Waals surface area contributed by atoms with Crippen LogP contribution in [0, 0.1) is 0 Å². The molecule has 0 aromatic heterocycles. The molecule has 14 heavy (non-hydrogen) atoms. The third-order valence-electron chi connectivity index (χ3n) is 3.02. The largest absolute Gasteiger partial charge is 0.354 e. The summed E-state index contributed by atoms with van der Waals surface area (Å²) in [4.78, 5) is 6.78. The highest BCUT2D eigenvalue weighted by atomic mass is 32.2. The van der Waals surface area contributed by atoms with Gasteiger partial charge in [0, 0.05) is 30.6 Å². The Labute approximate surface area is 90.3 Å². The molecule has 0 radical (unpaired) electrons. The molecule has 2 unspecified atom stereocenters. The fourth-order valence-corrected chi connectivity index (χ4v) is 3.21. The standard InChI is InChI=1S/C10H19N3S/c1-8-3-4-9(7-14-8)13(2)10-11-5-6-12-10/h8-9H,3-7H2,1-2H3,(H,11,12). The second-order valence-electron chi connectivity index (χ2n) is 4.12. The van der Waals surface area contributed by atoms with Gasteiger partial charge in [0.2, 0.25) is 0 Å². The second kappa shape index (κ2) is 4.43. The van der Waals surface area contributed by atoms with Gasteiger partial charge in [0.15, 0.2) is 5.96 Å². The fraction of sp³-hybridized carbons (Fsp3) is 0.900. The Morgan fingerprint density at radius 3 is 2.93 bits per heavy atom. The maximum atomic E-state index is 4.45. The number of guanidine groups is 1. The van der Waals surface area contributed by atoms with Gasteiger partial charge in [0.25, 0.3) is 0 Å². The van der Waals surface area contributed by atoms with Gasteiger partial charge < -0.3 is 10.2 Å². The van der Waals surface area contributed by atoms with Crippen LogP contribution < -0.4 is 5.32 Å². The van der Waals surface area contributed by atoms with Crippen molar-refractivity contribution in [1.82, 2.24) is 10.2 Å². The van der Waals surface area contributed by atoms with Gasteiger partial charge in [-0.25, -0.2) is 0 Å². The van der Waals surface area contributed by atoms with Crippen LogP contribution in [0.25, 0.3) is 0 Å². The van der Waals surface area contributed by atoms with E-state index in [9.17, 15) is 0 Å². The first-order chi connectivity index (χ1) is 6.77. The Morgan fingerprint density at radius 2 is 2.36 bits per heavy atom. The Balaban J connectivity index is 1.88. The summed E-state index contributed by atoms with van der Waals surface area (Å²) in [5.41, 5.74) is 0. The first-order valence-corrected chi connectivity index (χ1v) is 6.45. The molecule has 0 aromatic carbocycles. The number of nitrogens with zero attached hydrogens (tertiary/aromatic N) is 2. The van der Waals surface area contributed by atoms with E-state index in [0.29, 0.717) is 6.04 Å². The summed E-state index contributed by atoms with van der Waals surface area (Å²) in [6.45, 7) is 4.28. The van der Waals surface area contributed by atoms with Gasteiger partial charge in [-0.15, -0.1) is 0 Å². The molecule has 1 N–H and O–H groups in total. The Morgan fingerprint density at radius 1 is 1.50 bits per heavy atom. The maximum absolute atomic E-state index is 4.45. The molecular formula is C10H19N3S. The minimum Gasteiger partial charge on any atom is -0.354 e. The van der Waals surface area contributed by atoms with Crippen molar-refractivity contribution in [1.29, 1.82) is 0 Å². The molecular weight excluding hydrogens is 194 g/mol. The summed E-state index contributed by atoms with van der Waals surface area (Å²) >= 11 is 2.09. The van der Waals surface area contributed by atoms with Crippen LogP contribution in [0.4, 0.5) is 0 Å². The van der Waals surface area contributed by atoms with Crippen molar-refractivity contribution in [2.45, 2.75) is 31.1 Å². The zero-order valence-electron chi connectivity index (χ0n) is 8.99. The van der Waals surface area contributed by atoms with Gasteiger partial charge >= 0.3 is 0 Å². The van der Waals surface area contributed by atoms with Crippen molar-refractivity contribution < 1.29 is 0 Å². The van der Waals surface area contributed by atoms with Crippen molar-refractivity contribution >= 4 is 17.7 Å². The molecule has 2 aliphatic heterocycles. The van der Waals surface area contributed by atoms with E-state index >= 15 is 0 Å². The van der Waals surface area contributed by atoms with Gasteiger partial charge in [-0.2, -0.15) is 11.8 Å². The molecule has 0 aliphatic carbocycles. The minimum atomic E-state index is 0.681. The van der Waals surface area contributed by atoms with Crippen LogP contribution in [-0.4, -0.2) is 48.0 Å². The van der Waals surface area contributed by atoms with Crippen molar-refractivity contribution in [2.75, 3.05) is 25.9 Å². The van der Waals surface area contributed by atoms with Crippen LogP contribution >= 0.6 is 11.8 Å². The summed E-state index contributed by atoms with van der Waals surface area (Å²) in [7, 11) is 2.17. The number of aliphatic imine (C=N–C) groups is 1. The summed E-state index contributed by atoms with van der Waals surface area (Å²) in [5, 5.41) is 4.18. The van der Waals surface area contributed by atoms with E-state index in [1.165, 1.54) is 18.6 Å². The van der Waals surface area contributed by atoms with E-state index in [1.54, 1.807) is 0 Å². The third kappa shape index (κ3) is 2.16. The van der Waals surface area contributed by atoms with Crippen molar-refractivity contribution in [3.05, 3.63) is 0 Å². The molecule has 2 heterocycles. The molecule has 0 bridgehead atoms. The van der Waals surface area contributed by atoms with E-state index < -0.39 is 0 Å². The molecule has 4 heteroatoms. The van der Waals surface area contributed by atoms with E-state index in [1.807, 2.05) is 0 Å².